The highest BCUT2D eigenvalue weighted by molar-refractivity contribution is 7.80. The van der Waals surface area contributed by atoms with Crippen molar-refractivity contribution in [2.24, 2.45) is 0 Å². The third kappa shape index (κ3) is 23.8. The Morgan fingerprint density at radius 2 is 0.923 bits per heavy atom. The van der Waals surface area contributed by atoms with E-state index in [1.807, 2.05) is 0 Å². The molecule has 0 radical (unpaired) electrons. The highest BCUT2D eigenvalue weighted by atomic mass is 32.3. The first-order valence-electron chi connectivity index (χ1n) is 10.8. The summed E-state index contributed by atoms with van der Waals surface area (Å²) in [5, 5.41) is 0. The maximum Gasteiger partial charge on any atom is 0.397 e. The zero-order chi connectivity index (χ0) is 19.3. The van der Waals surface area contributed by atoms with E-state index in [2.05, 4.69) is 11.1 Å². The molecule has 0 aliphatic carbocycles. The minimum Gasteiger partial charge on any atom is -0.381 e. The van der Waals surface area contributed by atoms with Gasteiger partial charge in [0.15, 0.2) is 0 Å². The van der Waals surface area contributed by atoms with Crippen LogP contribution in [-0.2, 0) is 19.3 Å². The Kier molecular flexibility index (Phi) is 19.5. The molecule has 158 valence electrons. The summed E-state index contributed by atoms with van der Waals surface area (Å²) in [5.74, 6) is 0. The van der Waals surface area contributed by atoms with Gasteiger partial charge in [-0.1, -0.05) is 90.4 Å². The van der Waals surface area contributed by atoms with Gasteiger partial charge in [-0.15, -0.1) is 0 Å². The lowest BCUT2D eigenvalue weighted by atomic mass is 10.1. The van der Waals surface area contributed by atoms with Crippen LogP contribution in [0.5, 0.6) is 0 Å². The Hall–Kier alpha value is -0.170. The van der Waals surface area contributed by atoms with Crippen molar-refractivity contribution in [3.05, 3.63) is 0 Å². The summed E-state index contributed by atoms with van der Waals surface area (Å²) in [7, 11) is -4.26. The minimum atomic E-state index is -4.26. The lowest BCUT2D eigenvalue weighted by molar-refractivity contribution is 0.125. The fraction of sp³-hybridized carbons (Fsp3) is 1.00. The molecule has 0 bridgehead atoms. The predicted molar refractivity (Wildman–Crippen MR) is 108 cm³/mol. The first-order chi connectivity index (χ1) is 12.6. The van der Waals surface area contributed by atoms with Crippen LogP contribution in [0.4, 0.5) is 0 Å². The van der Waals surface area contributed by atoms with Crippen LogP contribution in [0.2, 0.25) is 0 Å². The molecule has 0 saturated heterocycles. The van der Waals surface area contributed by atoms with E-state index in [4.69, 9.17) is 9.29 Å². The van der Waals surface area contributed by atoms with Gasteiger partial charge in [0.05, 0.1) is 6.61 Å². The third-order valence-corrected chi connectivity index (χ3v) is 5.02. The second-order valence-electron chi connectivity index (χ2n) is 7.17. The van der Waals surface area contributed by atoms with Gasteiger partial charge in [0.1, 0.15) is 0 Å². The summed E-state index contributed by atoms with van der Waals surface area (Å²) in [4.78, 5) is 0. The zero-order valence-corrected chi connectivity index (χ0v) is 17.7. The van der Waals surface area contributed by atoms with Gasteiger partial charge in [-0.05, 0) is 19.3 Å². The van der Waals surface area contributed by atoms with Crippen molar-refractivity contribution in [1.82, 2.24) is 0 Å². The molecule has 0 saturated carbocycles. The van der Waals surface area contributed by atoms with Crippen LogP contribution < -0.4 is 0 Å². The van der Waals surface area contributed by atoms with Crippen molar-refractivity contribution >= 4 is 10.4 Å². The second kappa shape index (κ2) is 19.6. The van der Waals surface area contributed by atoms with Gasteiger partial charge in [0.25, 0.3) is 0 Å². The SMILES string of the molecule is CCCCCCCCCCOCCCCCCCCCCOS(=O)(=O)O. The molecular formula is C20H42O5S. The van der Waals surface area contributed by atoms with E-state index in [1.165, 1.54) is 77.0 Å². The Balaban J connectivity index is 3.03. The van der Waals surface area contributed by atoms with Crippen LogP contribution in [0, 0.1) is 0 Å². The molecule has 0 aliphatic rings. The molecule has 0 atom stereocenters. The van der Waals surface area contributed by atoms with E-state index in [0.29, 0.717) is 6.42 Å². The summed E-state index contributed by atoms with van der Waals surface area (Å²) in [5.41, 5.74) is 0. The maximum atomic E-state index is 10.3. The third-order valence-electron chi connectivity index (χ3n) is 4.56. The normalized spacial score (nSPS) is 11.9. The van der Waals surface area contributed by atoms with Gasteiger partial charge in [-0.2, -0.15) is 8.42 Å². The van der Waals surface area contributed by atoms with E-state index in [9.17, 15) is 8.42 Å². The standard InChI is InChI=1S/C20H42O5S/c1-2-3-4-5-6-9-12-15-18-24-19-16-13-10-7-8-11-14-17-20-25-26(21,22)23/h2-20H2,1H3,(H,21,22,23). The summed E-state index contributed by atoms with van der Waals surface area (Å²) >= 11 is 0. The monoisotopic (exact) mass is 394 g/mol. The number of hydrogen-bond acceptors (Lipinski definition) is 4. The van der Waals surface area contributed by atoms with Crippen molar-refractivity contribution in [3.8, 4) is 0 Å². The van der Waals surface area contributed by atoms with Crippen molar-refractivity contribution < 1.29 is 21.9 Å². The number of rotatable bonds is 21. The minimum absolute atomic E-state index is 0.0784. The van der Waals surface area contributed by atoms with Crippen LogP contribution in [0.15, 0.2) is 0 Å². The molecule has 0 aromatic heterocycles. The Labute approximate surface area is 162 Å². The molecule has 1 N–H and O–H groups in total. The van der Waals surface area contributed by atoms with Crippen molar-refractivity contribution in [2.45, 2.75) is 110 Å². The van der Waals surface area contributed by atoms with E-state index >= 15 is 0 Å². The van der Waals surface area contributed by atoms with Gasteiger partial charge in [-0.25, -0.2) is 4.18 Å². The van der Waals surface area contributed by atoms with Crippen LogP contribution in [0.3, 0.4) is 0 Å². The van der Waals surface area contributed by atoms with Crippen LogP contribution in [0.25, 0.3) is 0 Å². The molecule has 0 rings (SSSR count). The summed E-state index contributed by atoms with van der Waals surface area (Å²) in [6.45, 7) is 4.15. The molecular weight excluding hydrogens is 352 g/mol. The van der Waals surface area contributed by atoms with Gasteiger partial charge in [0, 0.05) is 13.2 Å². The van der Waals surface area contributed by atoms with Gasteiger partial charge in [-0.3, -0.25) is 4.55 Å². The first-order valence-corrected chi connectivity index (χ1v) is 12.1. The fourth-order valence-electron chi connectivity index (χ4n) is 2.97. The summed E-state index contributed by atoms with van der Waals surface area (Å²) in [6.07, 6.45) is 19.5. The number of hydrogen-bond donors (Lipinski definition) is 1. The van der Waals surface area contributed by atoms with E-state index < -0.39 is 10.4 Å². The molecule has 0 amide bonds. The Bertz CT molecular complexity index is 370. The van der Waals surface area contributed by atoms with Gasteiger partial charge < -0.3 is 4.74 Å². The molecule has 0 spiro atoms. The molecule has 5 nitrogen and oxygen atoms in total. The molecule has 0 fully saturated rings. The molecule has 0 aromatic rings. The molecule has 0 unspecified atom stereocenters. The van der Waals surface area contributed by atoms with Crippen molar-refractivity contribution in [1.29, 1.82) is 0 Å². The van der Waals surface area contributed by atoms with Gasteiger partial charge in [0.2, 0.25) is 0 Å². The van der Waals surface area contributed by atoms with Crippen molar-refractivity contribution in [3.63, 3.8) is 0 Å². The molecule has 0 heterocycles. The van der Waals surface area contributed by atoms with E-state index in [1.54, 1.807) is 0 Å². The average molecular weight is 395 g/mol. The average Bonchev–Trinajstić information content (AvgIpc) is 2.59. The van der Waals surface area contributed by atoms with Crippen molar-refractivity contribution in [2.75, 3.05) is 19.8 Å². The fourth-order valence-corrected chi connectivity index (χ4v) is 3.30. The number of ether oxygens (including phenoxy) is 1. The Morgan fingerprint density at radius 1 is 0.577 bits per heavy atom. The lowest BCUT2D eigenvalue weighted by Gasteiger charge is -2.05. The molecule has 6 heteroatoms. The predicted octanol–water partition coefficient (Wildman–Crippen LogP) is 6.08. The molecule has 0 aromatic carbocycles. The van der Waals surface area contributed by atoms with E-state index in [-0.39, 0.29) is 6.61 Å². The summed E-state index contributed by atoms with van der Waals surface area (Å²) in [6, 6.07) is 0. The Morgan fingerprint density at radius 3 is 1.31 bits per heavy atom. The lowest BCUT2D eigenvalue weighted by Crippen LogP contribution is -2.04. The second-order valence-corrected chi connectivity index (χ2v) is 8.26. The van der Waals surface area contributed by atoms with E-state index in [0.717, 1.165) is 32.5 Å². The summed E-state index contributed by atoms with van der Waals surface area (Å²) < 4.78 is 39.1. The zero-order valence-electron chi connectivity index (χ0n) is 16.9. The topological polar surface area (TPSA) is 72.8 Å². The van der Waals surface area contributed by atoms with Crippen LogP contribution in [0.1, 0.15) is 110 Å². The molecule has 26 heavy (non-hydrogen) atoms. The number of unbranched alkanes of at least 4 members (excludes halogenated alkanes) is 14. The first kappa shape index (κ1) is 25.8. The van der Waals surface area contributed by atoms with Crippen LogP contribution >= 0.6 is 0 Å². The van der Waals surface area contributed by atoms with Gasteiger partial charge >= 0.3 is 10.4 Å². The maximum absolute atomic E-state index is 10.3. The highest BCUT2D eigenvalue weighted by Gasteiger charge is 2.02. The largest absolute Gasteiger partial charge is 0.397 e. The quantitative estimate of drug-likeness (QED) is 0.188. The highest BCUT2D eigenvalue weighted by Crippen LogP contribution is 2.10. The smallest absolute Gasteiger partial charge is 0.381 e. The van der Waals surface area contributed by atoms with Crippen LogP contribution in [-0.4, -0.2) is 32.8 Å². The molecule has 0 aliphatic heterocycles.